The van der Waals surface area contributed by atoms with Crippen molar-refractivity contribution in [3.8, 4) is 17.1 Å². The van der Waals surface area contributed by atoms with Gasteiger partial charge >= 0.3 is 0 Å². The minimum absolute atomic E-state index is 0.281. The molecule has 2 heterocycles. The Morgan fingerprint density at radius 3 is 2.11 bits per heavy atom. The third kappa shape index (κ3) is 2.64. The van der Waals surface area contributed by atoms with Gasteiger partial charge in [-0.05, 0) is 43.3 Å². The lowest BCUT2D eigenvalue weighted by Crippen LogP contribution is -1.99. The fourth-order valence-corrected chi connectivity index (χ4v) is 3.19. The summed E-state index contributed by atoms with van der Waals surface area (Å²) in [4.78, 5) is 14.2. The molecule has 5 aromatic rings. The maximum absolute atomic E-state index is 13.5. The van der Waals surface area contributed by atoms with Gasteiger partial charge in [-0.15, -0.1) is 0 Å². The molecule has 0 aliphatic heterocycles. The van der Waals surface area contributed by atoms with Gasteiger partial charge in [0.2, 0.25) is 0 Å². The van der Waals surface area contributed by atoms with Crippen LogP contribution < -0.4 is 0 Å². The summed E-state index contributed by atoms with van der Waals surface area (Å²) in [5.41, 5.74) is 5.72. The highest BCUT2D eigenvalue weighted by Gasteiger charge is 2.17. The summed E-state index contributed by atoms with van der Waals surface area (Å²) in [5, 5.41) is 0. The molecule has 0 aliphatic rings. The number of hydrogen-bond acceptors (Lipinski definition) is 3. The fraction of sp³-hybridized carbons (Fsp3) is 0.0455. The SMILES string of the molecule is Cc1ccc(-c2nc3nc4ccccc4nc3n2-c2ccc(F)cc2)cc1. The zero-order valence-corrected chi connectivity index (χ0v) is 14.6. The molecule has 27 heavy (non-hydrogen) atoms. The standard InChI is InChI=1S/C22H15FN4/c1-14-6-8-15(9-7-14)21-26-20-22(25-19-5-3-2-4-18(19)24-20)27(21)17-12-10-16(23)11-13-17/h2-13H,1H3. The van der Waals surface area contributed by atoms with Crippen molar-refractivity contribution in [3.05, 3.63) is 84.2 Å². The zero-order valence-electron chi connectivity index (χ0n) is 14.6. The zero-order chi connectivity index (χ0) is 18.4. The first-order valence-electron chi connectivity index (χ1n) is 8.67. The summed E-state index contributed by atoms with van der Waals surface area (Å²) in [6.45, 7) is 2.04. The molecule has 0 unspecified atom stereocenters. The van der Waals surface area contributed by atoms with Gasteiger partial charge in [-0.1, -0.05) is 42.0 Å². The third-order valence-corrected chi connectivity index (χ3v) is 4.56. The van der Waals surface area contributed by atoms with Crippen LogP contribution in [0.15, 0.2) is 72.8 Å². The van der Waals surface area contributed by atoms with Crippen molar-refractivity contribution in [2.24, 2.45) is 0 Å². The van der Waals surface area contributed by atoms with E-state index >= 15 is 0 Å². The van der Waals surface area contributed by atoms with Crippen LogP contribution in [-0.4, -0.2) is 19.5 Å². The molecule has 130 valence electrons. The van der Waals surface area contributed by atoms with E-state index in [-0.39, 0.29) is 5.82 Å². The Labute approximate surface area is 155 Å². The Hall–Kier alpha value is -3.60. The van der Waals surface area contributed by atoms with Crippen molar-refractivity contribution in [2.45, 2.75) is 6.92 Å². The highest BCUT2D eigenvalue weighted by Crippen LogP contribution is 2.28. The van der Waals surface area contributed by atoms with Crippen molar-refractivity contribution in [1.82, 2.24) is 19.5 Å². The molecule has 0 fully saturated rings. The molecule has 0 radical (unpaired) electrons. The quantitative estimate of drug-likeness (QED) is 0.444. The lowest BCUT2D eigenvalue weighted by Gasteiger charge is -2.09. The molecule has 0 amide bonds. The fourth-order valence-electron chi connectivity index (χ4n) is 3.19. The summed E-state index contributed by atoms with van der Waals surface area (Å²) in [5.74, 6) is 0.448. The van der Waals surface area contributed by atoms with Crippen LogP contribution in [0.4, 0.5) is 4.39 Å². The van der Waals surface area contributed by atoms with E-state index in [0.717, 1.165) is 28.1 Å². The summed E-state index contributed by atoms with van der Waals surface area (Å²) in [6.07, 6.45) is 0. The van der Waals surface area contributed by atoms with Crippen LogP contribution in [0.25, 0.3) is 39.4 Å². The van der Waals surface area contributed by atoms with Crippen LogP contribution in [0.2, 0.25) is 0 Å². The van der Waals surface area contributed by atoms with E-state index in [2.05, 4.69) is 4.98 Å². The van der Waals surface area contributed by atoms with E-state index < -0.39 is 0 Å². The molecule has 0 bridgehead atoms. The average Bonchev–Trinajstić information content (AvgIpc) is 3.05. The van der Waals surface area contributed by atoms with Crippen LogP contribution in [0.5, 0.6) is 0 Å². The Balaban J connectivity index is 1.86. The number of aromatic nitrogens is 4. The van der Waals surface area contributed by atoms with Crippen LogP contribution in [-0.2, 0) is 0 Å². The lowest BCUT2D eigenvalue weighted by atomic mass is 10.1. The molecule has 0 aliphatic carbocycles. The van der Waals surface area contributed by atoms with Gasteiger partial charge in [0.1, 0.15) is 11.6 Å². The summed E-state index contributed by atoms with van der Waals surface area (Å²) in [7, 11) is 0. The van der Waals surface area contributed by atoms with Crippen molar-refractivity contribution >= 4 is 22.3 Å². The minimum atomic E-state index is -0.281. The molecule has 0 N–H and O–H groups in total. The van der Waals surface area contributed by atoms with Gasteiger partial charge in [0.05, 0.1) is 11.0 Å². The number of hydrogen-bond donors (Lipinski definition) is 0. The molecular weight excluding hydrogens is 339 g/mol. The number of nitrogens with zero attached hydrogens (tertiary/aromatic N) is 4. The van der Waals surface area contributed by atoms with Crippen molar-refractivity contribution in [2.75, 3.05) is 0 Å². The van der Waals surface area contributed by atoms with Crippen LogP contribution in [0.1, 0.15) is 5.56 Å². The monoisotopic (exact) mass is 354 g/mol. The molecule has 5 rings (SSSR count). The molecule has 3 aromatic carbocycles. The number of aryl methyl sites for hydroxylation is 1. The summed E-state index contributed by atoms with van der Waals surface area (Å²) in [6, 6.07) is 22.2. The van der Waals surface area contributed by atoms with Crippen molar-refractivity contribution in [1.29, 1.82) is 0 Å². The normalized spacial score (nSPS) is 11.3. The Kier molecular flexibility index (Phi) is 3.47. The minimum Gasteiger partial charge on any atom is -0.275 e. The second-order valence-electron chi connectivity index (χ2n) is 6.47. The number of fused-ring (bicyclic) bond motifs is 2. The summed E-state index contributed by atoms with van der Waals surface area (Å²) >= 11 is 0. The molecule has 5 heteroatoms. The first-order valence-corrected chi connectivity index (χ1v) is 8.67. The van der Waals surface area contributed by atoms with E-state index in [1.54, 1.807) is 12.1 Å². The molecule has 0 spiro atoms. The number of para-hydroxylation sites is 2. The van der Waals surface area contributed by atoms with Gasteiger partial charge in [0, 0.05) is 11.3 Å². The van der Waals surface area contributed by atoms with E-state index in [9.17, 15) is 4.39 Å². The van der Waals surface area contributed by atoms with E-state index in [0.29, 0.717) is 11.3 Å². The van der Waals surface area contributed by atoms with Gasteiger partial charge in [-0.3, -0.25) is 4.57 Å². The maximum Gasteiger partial charge on any atom is 0.199 e. The van der Waals surface area contributed by atoms with Crippen molar-refractivity contribution < 1.29 is 4.39 Å². The second-order valence-corrected chi connectivity index (χ2v) is 6.47. The first-order chi connectivity index (χ1) is 13.2. The molecule has 0 atom stereocenters. The predicted molar refractivity (Wildman–Crippen MR) is 104 cm³/mol. The average molecular weight is 354 g/mol. The number of rotatable bonds is 2. The largest absolute Gasteiger partial charge is 0.275 e. The van der Waals surface area contributed by atoms with E-state index in [4.69, 9.17) is 9.97 Å². The Bertz CT molecular complexity index is 1270. The van der Waals surface area contributed by atoms with Gasteiger partial charge < -0.3 is 0 Å². The number of imidazole rings is 1. The first kappa shape index (κ1) is 15.6. The molecule has 0 saturated heterocycles. The summed E-state index contributed by atoms with van der Waals surface area (Å²) < 4.78 is 15.4. The topological polar surface area (TPSA) is 43.6 Å². The van der Waals surface area contributed by atoms with Crippen LogP contribution in [0, 0.1) is 12.7 Å². The molecule has 2 aromatic heterocycles. The van der Waals surface area contributed by atoms with Gasteiger partial charge in [-0.2, -0.15) is 0 Å². The second kappa shape index (κ2) is 5.99. The van der Waals surface area contributed by atoms with Crippen LogP contribution >= 0.6 is 0 Å². The number of halogens is 1. The number of benzene rings is 3. The Morgan fingerprint density at radius 2 is 1.41 bits per heavy atom. The van der Waals surface area contributed by atoms with E-state index in [1.807, 2.05) is 60.0 Å². The smallest absolute Gasteiger partial charge is 0.199 e. The third-order valence-electron chi connectivity index (χ3n) is 4.56. The lowest BCUT2D eigenvalue weighted by molar-refractivity contribution is 0.627. The maximum atomic E-state index is 13.5. The van der Waals surface area contributed by atoms with E-state index in [1.165, 1.54) is 17.7 Å². The Morgan fingerprint density at radius 1 is 0.741 bits per heavy atom. The van der Waals surface area contributed by atoms with Crippen LogP contribution in [0.3, 0.4) is 0 Å². The van der Waals surface area contributed by atoms with Crippen molar-refractivity contribution in [3.63, 3.8) is 0 Å². The predicted octanol–water partition coefficient (Wildman–Crippen LogP) is 5.08. The van der Waals surface area contributed by atoms with Gasteiger partial charge in [0.25, 0.3) is 0 Å². The van der Waals surface area contributed by atoms with Gasteiger partial charge in [0.15, 0.2) is 11.3 Å². The highest BCUT2D eigenvalue weighted by molar-refractivity contribution is 5.86. The molecular formula is C22H15FN4. The highest BCUT2D eigenvalue weighted by atomic mass is 19.1. The molecule has 4 nitrogen and oxygen atoms in total. The van der Waals surface area contributed by atoms with Gasteiger partial charge in [-0.25, -0.2) is 19.3 Å². The molecule has 0 saturated carbocycles.